The maximum atomic E-state index is 14.0. The highest BCUT2D eigenvalue weighted by atomic mass is 35.5. The van der Waals surface area contributed by atoms with Crippen LogP contribution in [0.15, 0.2) is 42.5 Å². The molecule has 2 amide bonds. The molecule has 0 heterocycles. The highest BCUT2D eigenvalue weighted by molar-refractivity contribution is 7.99. The average Bonchev–Trinajstić information content (AvgIpc) is 2.71. The zero-order valence-corrected chi connectivity index (χ0v) is 20.0. The Morgan fingerprint density at radius 1 is 1.16 bits per heavy atom. The van der Waals surface area contributed by atoms with Gasteiger partial charge in [-0.15, -0.1) is 11.8 Å². The normalized spacial score (nSPS) is 12.0. The van der Waals surface area contributed by atoms with E-state index in [-0.39, 0.29) is 29.1 Å². The van der Waals surface area contributed by atoms with Crippen LogP contribution < -0.4 is 5.32 Å². The van der Waals surface area contributed by atoms with Gasteiger partial charge in [-0.3, -0.25) is 9.59 Å². The first-order valence-corrected chi connectivity index (χ1v) is 11.9. The van der Waals surface area contributed by atoms with E-state index in [1.54, 1.807) is 24.0 Å². The molecule has 0 aromatic heterocycles. The van der Waals surface area contributed by atoms with Crippen molar-refractivity contribution < 1.29 is 14.0 Å². The summed E-state index contributed by atoms with van der Waals surface area (Å²) in [7, 11) is 0. The lowest BCUT2D eigenvalue weighted by atomic mass is 10.1. The number of hydrogen-bond donors (Lipinski definition) is 1. The van der Waals surface area contributed by atoms with Gasteiger partial charge in [-0.05, 0) is 37.5 Å². The Kier molecular flexibility index (Phi) is 9.85. The van der Waals surface area contributed by atoms with Gasteiger partial charge in [0.1, 0.15) is 11.9 Å². The number of benzene rings is 2. The quantitative estimate of drug-likeness (QED) is 0.525. The van der Waals surface area contributed by atoms with Gasteiger partial charge in [0.25, 0.3) is 0 Å². The Balaban J connectivity index is 2.10. The number of thioether (sulfide) groups is 1. The molecule has 0 radical (unpaired) electrons. The van der Waals surface area contributed by atoms with Gasteiger partial charge in [-0.25, -0.2) is 4.39 Å². The Bertz CT molecular complexity index is 887. The molecule has 2 aromatic carbocycles. The fourth-order valence-corrected chi connectivity index (χ4v) is 4.28. The number of rotatable bonds is 10. The highest BCUT2D eigenvalue weighted by Crippen LogP contribution is 2.24. The molecule has 0 aliphatic rings. The van der Waals surface area contributed by atoms with Crippen LogP contribution in [0.1, 0.15) is 37.5 Å². The number of amides is 2. The molecule has 1 atom stereocenters. The molecule has 2 aromatic rings. The van der Waals surface area contributed by atoms with E-state index in [0.29, 0.717) is 29.6 Å². The van der Waals surface area contributed by atoms with E-state index >= 15 is 0 Å². The maximum absolute atomic E-state index is 14.0. The predicted octanol–water partition coefficient (Wildman–Crippen LogP) is 5.21. The molecular formula is C24H30ClFN2O2S. The van der Waals surface area contributed by atoms with Gasteiger partial charge >= 0.3 is 0 Å². The number of nitrogens with zero attached hydrogens (tertiary/aromatic N) is 1. The van der Waals surface area contributed by atoms with Crippen molar-refractivity contribution in [2.24, 2.45) is 5.92 Å². The van der Waals surface area contributed by atoms with E-state index in [0.717, 1.165) is 11.1 Å². The molecule has 0 unspecified atom stereocenters. The molecule has 0 fully saturated rings. The predicted molar refractivity (Wildman–Crippen MR) is 127 cm³/mol. The molecule has 0 saturated heterocycles. The van der Waals surface area contributed by atoms with Gasteiger partial charge in [-0.2, -0.15) is 0 Å². The van der Waals surface area contributed by atoms with Crippen LogP contribution in [0.5, 0.6) is 0 Å². The summed E-state index contributed by atoms with van der Waals surface area (Å²) in [4.78, 5) is 27.3. The van der Waals surface area contributed by atoms with Crippen LogP contribution in [0.2, 0.25) is 5.02 Å². The van der Waals surface area contributed by atoms with Crippen LogP contribution in [0.3, 0.4) is 0 Å². The van der Waals surface area contributed by atoms with Crippen molar-refractivity contribution in [3.63, 3.8) is 0 Å². The van der Waals surface area contributed by atoms with E-state index < -0.39 is 6.04 Å². The standard InChI is InChI=1S/C24H30ClFN2O2S/c1-16(2)12-27-24(30)18(4)28(13-19-8-5-7-17(3)11-19)23(29)15-31-14-20-21(25)9-6-10-22(20)26/h5-11,16,18H,12-15H2,1-4H3,(H,27,30)/t18-/m1/s1. The summed E-state index contributed by atoms with van der Waals surface area (Å²) in [5.41, 5.74) is 2.43. The molecule has 0 spiro atoms. The minimum absolute atomic E-state index is 0.123. The molecular weight excluding hydrogens is 435 g/mol. The molecule has 0 aliphatic carbocycles. The van der Waals surface area contributed by atoms with Gasteiger partial charge in [0.05, 0.1) is 5.75 Å². The zero-order valence-electron chi connectivity index (χ0n) is 18.5. The SMILES string of the molecule is Cc1cccc(CN(C(=O)CSCc2c(F)cccc2Cl)[C@H](C)C(=O)NCC(C)C)c1. The van der Waals surface area contributed by atoms with Crippen molar-refractivity contribution >= 4 is 35.2 Å². The Morgan fingerprint density at radius 3 is 2.52 bits per heavy atom. The summed E-state index contributed by atoms with van der Waals surface area (Å²) in [6, 6.07) is 11.8. The van der Waals surface area contributed by atoms with E-state index in [4.69, 9.17) is 11.6 Å². The zero-order chi connectivity index (χ0) is 23.0. The fraction of sp³-hybridized carbons (Fsp3) is 0.417. The van der Waals surface area contributed by atoms with E-state index in [1.807, 2.05) is 45.0 Å². The number of aryl methyl sites for hydroxylation is 1. The van der Waals surface area contributed by atoms with Crippen molar-refractivity contribution in [3.05, 3.63) is 70.0 Å². The third kappa shape index (κ3) is 7.86. The second-order valence-electron chi connectivity index (χ2n) is 8.02. The summed E-state index contributed by atoms with van der Waals surface area (Å²) in [5.74, 6) is -0.0199. The summed E-state index contributed by atoms with van der Waals surface area (Å²) in [5, 5.41) is 3.25. The van der Waals surface area contributed by atoms with Gasteiger partial charge in [0, 0.05) is 29.4 Å². The lowest BCUT2D eigenvalue weighted by molar-refractivity contribution is -0.138. The minimum Gasteiger partial charge on any atom is -0.354 e. The van der Waals surface area contributed by atoms with Crippen LogP contribution in [-0.2, 0) is 21.9 Å². The molecule has 2 rings (SSSR count). The fourth-order valence-electron chi connectivity index (χ4n) is 3.04. The topological polar surface area (TPSA) is 49.4 Å². The summed E-state index contributed by atoms with van der Waals surface area (Å²) in [6.45, 7) is 8.65. The van der Waals surface area contributed by atoms with Crippen LogP contribution in [0.4, 0.5) is 4.39 Å². The van der Waals surface area contributed by atoms with Crippen molar-refractivity contribution in [1.29, 1.82) is 0 Å². The summed E-state index contributed by atoms with van der Waals surface area (Å²) < 4.78 is 14.0. The van der Waals surface area contributed by atoms with E-state index in [9.17, 15) is 14.0 Å². The third-order valence-corrected chi connectivity index (χ3v) is 6.12. The Morgan fingerprint density at radius 2 is 1.87 bits per heavy atom. The molecule has 7 heteroatoms. The molecule has 1 N–H and O–H groups in total. The minimum atomic E-state index is -0.621. The van der Waals surface area contributed by atoms with Crippen molar-refractivity contribution in [3.8, 4) is 0 Å². The first-order valence-electron chi connectivity index (χ1n) is 10.3. The van der Waals surface area contributed by atoms with Crippen LogP contribution >= 0.6 is 23.4 Å². The van der Waals surface area contributed by atoms with Gasteiger partial charge in [0.15, 0.2) is 0 Å². The first kappa shape index (κ1) is 25.2. The molecule has 0 saturated carbocycles. The van der Waals surface area contributed by atoms with Crippen molar-refractivity contribution in [1.82, 2.24) is 10.2 Å². The average molecular weight is 465 g/mol. The smallest absolute Gasteiger partial charge is 0.242 e. The number of nitrogens with one attached hydrogen (secondary N) is 1. The number of hydrogen-bond acceptors (Lipinski definition) is 3. The van der Waals surface area contributed by atoms with Crippen molar-refractivity contribution in [2.45, 2.75) is 46.0 Å². The summed E-state index contributed by atoms with van der Waals surface area (Å²) >= 11 is 7.37. The van der Waals surface area contributed by atoms with Crippen LogP contribution in [-0.4, -0.2) is 35.1 Å². The molecule has 31 heavy (non-hydrogen) atoms. The van der Waals surface area contributed by atoms with Crippen LogP contribution in [0, 0.1) is 18.7 Å². The maximum Gasteiger partial charge on any atom is 0.242 e. The Labute approximate surface area is 193 Å². The highest BCUT2D eigenvalue weighted by Gasteiger charge is 2.26. The molecule has 4 nitrogen and oxygen atoms in total. The third-order valence-electron chi connectivity index (χ3n) is 4.82. The number of carbonyl (C=O) groups is 2. The Hall–Kier alpha value is -2.05. The van der Waals surface area contributed by atoms with Gasteiger partial charge in [0.2, 0.25) is 11.8 Å². The van der Waals surface area contributed by atoms with E-state index in [1.165, 1.54) is 17.8 Å². The second kappa shape index (κ2) is 12.1. The number of carbonyl (C=O) groups excluding carboxylic acids is 2. The van der Waals surface area contributed by atoms with E-state index in [2.05, 4.69) is 5.32 Å². The van der Waals surface area contributed by atoms with Crippen molar-refractivity contribution in [2.75, 3.05) is 12.3 Å². The number of halogens is 2. The molecule has 0 bridgehead atoms. The van der Waals surface area contributed by atoms with Crippen LogP contribution in [0.25, 0.3) is 0 Å². The second-order valence-corrected chi connectivity index (χ2v) is 9.41. The van der Waals surface area contributed by atoms with Gasteiger partial charge < -0.3 is 10.2 Å². The lowest BCUT2D eigenvalue weighted by Crippen LogP contribution is -2.48. The molecule has 0 aliphatic heterocycles. The first-order chi connectivity index (χ1) is 14.7. The van der Waals surface area contributed by atoms with Gasteiger partial charge in [-0.1, -0.05) is 61.3 Å². The molecule has 168 valence electrons. The summed E-state index contributed by atoms with van der Waals surface area (Å²) in [6.07, 6.45) is 0. The monoisotopic (exact) mass is 464 g/mol. The largest absolute Gasteiger partial charge is 0.354 e. The lowest BCUT2D eigenvalue weighted by Gasteiger charge is -2.29.